The second kappa shape index (κ2) is 6.33. The second-order valence-electron chi connectivity index (χ2n) is 5.21. The van der Waals surface area contributed by atoms with Crippen LogP contribution in [0.5, 0.6) is 0 Å². The third-order valence-electron chi connectivity index (χ3n) is 3.64. The van der Waals surface area contributed by atoms with Gasteiger partial charge in [0.2, 0.25) is 0 Å². The van der Waals surface area contributed by atoms with Gasteiger partial charge in [0.1, 0.15) is 0 Å². The zero-order valence-electron chi connectivity index (χ0n) is 12.8. The van der Waals surface area contributed by atoms with Crippen LogP contribution in [0.15, 0.2) is 53.6 Å². The zero-order valence-corrected chi connectivity index (χ0v) is 12.8. The number of H-pyrrole nitrogens is 1. The van der Waals surface area contributed by atoms with Crippen LogP contribution in [0, 0.1) is 17.0 Å². The summed E-state index contributed by atoms with van der Waals surface area (Å²) < 4.78 is 0. The molecule has 2 aromatic carbocycles. The highest BCUT2D eigenvalue weighted by atomic mass is 16.6. The van der Waals surface area contributed by atoms with Crippen LogP contribution >= 0.6 is 0 Å². The number of para-hydroxylation sites is 1. The monoisotopic (exact) mass is 322 g/mol. The summed E-state index contributed by atoms with van der Waals surface area (Å²) in [6, 6.07) is 13.1. The smallest absolute Gasteiger partial charge is 0.271 e. The van der Waals surface area contributed by atoms with E-state index in [9.17, 15) is 14.9 Å². The van der Waals surface area contributed by atoms with E-state index in [1.54, 1.807) is 6.21 Å². The van der Waals surface area contributed by atoms with Crippen LogP contribution < -0.4 is 5.43 Å². The van der Waals surface area contributed by atoms with Gasteiger partial charge in [-0.1, -0.05) is 18.2 Å². The maximum atomic E-state index is 12.0. The number of hydrogen-bond acceptors (Lipinski definition) is 4. The van der Waals surface area contributed by atoms with Gasteiger partial charge in [0.15, 0.2) is 0 Å². The summed E-state index contributed by atoms with van der Waals surface area (Å²) >= 11 is 0. The number of carbonyl (C=O) groups is 1. The highest BCUT2D eigenvalue weighted by Crippen LogP contribution is 2.19. The van der Waals surface area contributed by atoms with Crippen LogP contribution in [-0.2, 0) is 0 Å². The van der Waals surface area contributed by atoms with E-state index >= 15 is 0 Å². The molecule has 7 nitrogen and oxygen atoms in total. The molecule has 120 valence electrons. The van der Waals surface area contributed by atoms with Gasteiger partial charge in [-0.15, -0.1) is 0 Å². The molecule has 1 amide bonds. The molecular formula is C17H14N4O3. The minimum Gasteiger partial charge on any atom is -0.358 e. The first-order valence-corrected chi connectivity index (χ1v) is 7.21. The van der Waals surface area contributed by atoms with E-state index in [0.717, 1.165) is 22.2 Å². The van der Waals surface area contributed by atoms with Crippen molar-refractivity contribution in [2.45, 2.75) is 6.92 Å². The number of nitrogens with one attached hydrogen (secondary N) is 2. The average Bonchev–Trinajstić information content (AvgIpc) is 2.90. The van der Waals surface area contributed by atoms with Gasteiger partial charge < -0.3 is 4.98 Å². The molecule has 0 saturated heterocycles. The third-order valence-corrected chi connectivity index (χ3v) is 3.64. The molecular weight excluding hydrogens is 308 g/mol. The first-order valence-electron chi connectivity index (χ1n) is 7.21. The average molecular weight is 322 g/mol. The van der Waals surface area contributed by atoms with Crippen LogP contribution in [-0.4, -0.2) is 22.0 Å². The first kappa shape index (κ1) is 15.4. The Bertz CT molecular complexity index is 942. The Morgan fingerprint density at radius 1 is 1.21 bits per heavy atom. The van der Waals surface area contributed by atoms with Crippen molar-refractivity contribution < 1.29 is 9.72 Å². The van der Waals surface area contributed by atoms with Crippen molar-refractivity contribution in [1.29, 1.82) is 0 Å². The fourth-order valence-corrected chi connectivity index (χ4v) is 2.42. The minimum absolute atomic E-state index is 0.0653. The highest BCUT2D eigenvalue weighted by molar-refractivity contribution is 6.01. The van der Waals surface area contributed by atoms with Gasteiger partial charge in [0, 0.05) is 39.9 Å². The molecule has 0 radical (unpaired) electrons. The van der Waals surface area contributed by atoms with Crippen molar-refractivity contribution in [3.05, 3.63) is 75.5 Å². The number of aromatic nitrogens is 1. The first-order chi connectivity index (χ1) is 11.6. The number of nitro groups is 1. The molecule has 0 aliphatic heterocycles. The van der Waals surface area contributed by atoms with E-state index in [4.69, 9.17) is 0 Å². The van der Waals surface area contributed by atoms with Gasteiger partial charge in [-0.2, -0.15) is 5.10 Å². The summed E-state index contributed by atoms with van der Waals surface area (Å²) in [6.07, 6.45) is 1.58. The molecule has 0 bridgehead atoms. The number of hydrogen-bond donors (Lipinski definition) is 2. The lowest BCUT2D eigenvalue weighted by Crippen LogP contribution is -2.17. The number of non-ortho nitro benzene ring substituents is 1. The summed E-state index contributed by atoms with van der Waals surface area (Å²) in [4.78, 5) is 25.3. The number of amides is 1. The molecule has 3 aromatic rings. The van der Waals surface area contributed by atoms with Gasteiger partial charge in [-0.3, -0.25) is 14.9 Å². The van der Waals surface area contributed by atoms with Crippen molar-refractivity contribution in [2.75, 3.05) is 0 Å². The van der Waals surface area contributed by atoms with E-state index < -0.39 is 10.8 Å². The van der Waals surface area contributed by atoms with E-state index in [-0.39, 0.29) is 5.69 Å². The van der Waals surface area contributed by atoms with Crippen molar-refractivity contribution >= 4 is 28.7 Å². The molecule has 0 spiro atoms. The fraction of sp³-hybridized carbons (Fsp3) is 0.0588. The number of rotatable bonds is 4. The lowest BCUT2D eigenvalue weighted by molar-refractivity contribution is -0.384. The quantitative estimate of drug-likeness (QED) is 0.438. The molecule has 0 aliphatic carbocycles. The largest absolute Gasteiger partial charge is 0.358 e. The van der Waals surface area contributed by atoms with E-state index in [1.807, 2.05) is 31.2 Å². The molecule has 0 fully saturated rings. The van der Waals surface area contributed by atoms with E-state index in [1.165, 1.54) is 24.3 Å². The normalized spacial score (nSPS) is 11.0. The van der Waals surface area contributed by atoms with Gasteiger partial charge in [0.25, 0.3) is 11.6 Å². The molecule has 7 heteroatoms. The van der Waals surface area contributed by atoms with Crippen LogP contribution in [0.1, 0.15) is 21.6 Å². The molecule has 0 atom stereocenters. The molecule has 24 heavy (non-hydrogen) atoms. The Hall–Kier alpha value is -3.48. The van der Waals surface area contributed by atoms with Crippen molar-refractivity contribution in [3.8, 4) is 0 Å². The lowest BCUT2D eigenvalue weighted by atomic mass is 10.1. The summed E-state index contributed by atoms with van der Waals surface area (Å²) in [7, 11) is 0. The van der Waals surface area contributed by atoms with Crippen LogP contribution in [0.4, 0.5) is 5.69 Å². The number of aryl methyl sites for hydroxylation is 1. The Balaban J connectivity index is 1.74. The van der Waals surface area contributed by atoms with Gasteiger partial charge in [-0.05, 0) is 25.1 Å². The lowest BCUT2D eigenvalue weighted by Gasteiger charge is -1.99. The Morgan fingerprint density at radius 3 is 2.62 bits per heavy atom. The molecule has 0 unspecified atom stereocenters. The predicted octanol–water partition coefficient (Wildman–Crippen LogP) is 3.15. The van der Waals surface area contributed by atoms with Crippen molar-refractivity contribution in [2.24, 2.45) is 5.10 Å². The Kier molecular flexibility index (Phi) is 4.07. The highest BCUT2D eigenvalue weighted by Gasteiger charge is 2.09. The Morgan fingerprint density at radius 2 is 1.92 bits per heavy atom. The van der Waals surface area contributed by atoms with Crippen LogP contribution in [0.2, 0.25) is 0 Å². The molecule has 1 aromatic heterocycles. The zero-order chi connectivity index (χ0) is 17.1. The minimum atomic E-state index is -0.514. The van der Waals surface area contributed by atoms with Gasteiger partial charge in [-0.25, -0.2) is 5.43 Å². The maximum Gasteiger partial charge on any atom is 0.271 e. The number of hydrazone groups is 1. The second-order valence-corrected chi connectivity index (χ2v) is 5.21. The molecule has 1 heterocycles. The van der Waals surface area contributed by atoms with Crippen LogP contribution in [0.3, 0.4) is 0 Å². The number of carbonyl (C=O) groups excluding carboxylic acids is 1. The maximum absolute atomic E-state index is 12.0. The number of benzene rings is 2. The van der Waals surface area contributed by atoms with Crippen molar-refractivity contribution in [1.82, 2.24) is 10.4 Å². The van der Waals surface area contributed by atoms with Gasteiger partial charge >= 0.3 is 0 Å². The van der Waals surface area contributed by atoms with Crippen molar-refractivity contribution in [3.63, 3.8) is 0 Å². The summed E-state index contributed by atoms with van der Waals surface area (Å²) in [6.45, 7) is 1.93. The molecule has 0 saturated carbocycles. The number of aromatic amines is 1. The predicted molar refractivity (Wildman–Crippen MR) is 91.2 cm³/mol. The van der Waals surface area contributed by atoms with E-state index in [2.05, 4.69) is 15.5 Å². The molecule has 3 rings (SSSR count). The molecule has 0 aliphatic rings. The van der Waals surface area contributed by atoms with Crippen LogP contribution in [0.25, 0.3) is 10.9 Å². The topological polar surface area (TPSA) is 100 Å². The fourth-order valence-electron chi connectivity index (χ4n) is 2.42. The SMILES string of the molecule is Cc1[nH]c2ccccc2c1C=NNC(=O)c1ccc([N+](=O)[O-])cc1. The number of fused-ring (bicyclic) bond motifs is 1. The number of nitro benzene ring substituents is 1. The summed E-state index contributed by atoms with van der Waals surface area (Å²) in [5.41, 5.74) is 5.50. The standard InChI is InChI=1S/C17H14N4O3/c1-11-15(14-4-2-3-5-16(14)19-11)10-18-20-17(22)12-6-8-13(9-7-12)21(23)24/h2-10,19H,1H3,(H,20,22). The van der Waals surface area contributed by atoms with E-state index in [0.29, 0.717) is 5.56 Å². The van der Waals surface area contributed by atoms with Gasteiger partial charge in [0.05, 0.1) is 11.1 Å². The number of nitrogens with zero attached hydrogens (tertiary/aromatic N) is 2. The Labute approximate surface area is 137 Å². The summed E-state index contributed by atoms with van der Waals surface area (Å²) in [5, 5.41) is 15.6. The summed E-state index contributed by atoms with van der Waals surface area (Å²) in [5.74, 6) is -0.432. The molecule has 2 N–H and O–H groups in total. The third kappa shape index (κ3) is 3.00.